The van der Waals surface area contributed by atoms with Gasteiger partial charge in [0.05, 0.1) is 0 Å². The van der Waals surface area contributed by atoms with E-state index in [2.05, 4.69) is 11.9 Å². The number of nitrogens with two attached hydrogens (primary N) is 1. The van der Waals surface area contributed by atoms with E-state index >= 15 is 0 Å². The third kappa shape index (κ3) is 3.81. The topological polar surface area (TPSA) is 49.6 Å². The number of benzene rings is 1. The molecule has 1 atom stereocenters. The molecule has 110 valence electrons. The van der Waals surface area contributed by atoms with Crippen LogP contribution >= 0.6 is 0 Å². The number of nitrogens with zero attached hydrogens (tertiary/aromatic N) is 2. The normalized spacial score (nSPS) is 19.9. The van der Waals surface area contributed by atoms with Crippen molar-refractivity contribution in [3.63, 3.8) is 0 Å². The highest BCUT2D eigenvalue weighted by Gasteiger charge is 2.21. The average molecular weight is 275 g/mol. The molecule has 4 nitrogen and oxygen atoms in total. The summed E-state index contributed by atoms with van der Waals surface area (Å²) >= 11 is 0. The maximum atomic E-state index is 12.4. The lowest BCUT2D eigenvalue weighted by atomic mass is 9.98. The highest BCUT2D eigenvalue weighted by molar-refractivity contribution is 5.94. The van der Waals surface area contributed by atoms with Gasteiger partial charge < -0.3 is 15.5 Å². The van der Waals surface area contributed by atoms with E-state index in [1.54, 1.807) is 0 Å². The van der Waals surface area contributed by atoms with Gasteiger partial charge in [0.2, 0.25) is 0 Å². The van der Waals surface area contributed by atoms with Gasteiger partial charge in [-0.2, -0.15) is 0 Å². The van der Waals surface area contributed by atoms with E-state index in [0.717, 1.165) is 24.2 Å². The van der Waals surface area contributed by atoms with Crippen molar-refractivity contribution in [3.8, 4) is 0 Å². The van der Waals surface area contributed by atoms with Gasteiger partial charge in [-0.25, -0.2) is 0 Å². The molecular weight excluding hydrogens is 250 g/mol. The number of hydrogen-bond acceptors (Lipinski definition) is 3. The molecule has 1 amide bonds. The summed E-state index contributed by atoms with van der Waals surface area (Å²) in [5, 5.41) is 0. The fourth-order valence-electron chi connectivity index (χ4n) is 2.90. The Morgan fingerprint density at radius 1 is 1.40 bits per heavy atom. The molecule has 4 heteroatoms. The van der Waals surface area contributed by atoms with Crippen molar-refractivity contribution in [2.75, 3.05) is 33.7 Å². The van der Waals surface area contributed by atoms with Crippen molar-refractivity contribution in [1.29, 1.82) is 0 Å². The van der Waals surface area contributed by atoms with Crippen LogP contribution in [0.2, 0.25) is 0 Å². The van der Waals surface area contributed by atoms with Crippen LogP contribution in [0, 0.1) is 5.92 Å². The summed E-state index contributed by atoms with van der Waals surface area (Å²) in [6.45, 7) is 3.61. The molecule has 2 rings (SSSR count). The van der Waals surface area contributed by atoms with Gasteiger partial charge in [-0.15, -0.1) is 0 Å². The Morgan fingerprint density at radius 3 is 2.70 bits per heavy atom. The molecule has 1 aromatic rings. The van der Waals surface area contributed by atoms with Gasteiger partial charge in [0.15, 0.2) is 0 Å². The summed E-state index contributed by atoms with van der Waals surface area (Å²) in [6.07, 6.45) is 2.45. The summed E-state index contributed by atoms with van der Waals surface area (Å²) in [5.74, 6) is 0.688. The summed E-state index contributed by atoms with van der Waals surface area (Å²) < 4.78 is 0. The zero-order valence-corrected chi connectivity index (χ0v) is 12.5. The first-order chi connectivity index (χ1) is 9.60. The first kappa shape index (κ1) is 15.0. The van der Waals surface area contributed by atoms with Crippen molar-refractivity contribution in [2.45, 2.75) is 19.4 Å². The Hall–Kier alpha value is -1.39. The molecule has 20 heavy (non-hydrogen) atoms. The summed E-state index contributed by atoms with van der Waals surface area (Å²) in [7, 11) is 4.05. The second-order valence-electron chi connectivity index (χ2n) is 5.86. The Morgan fingerprint density at radius 2 is 2.10 bits per heavy atom. The van der Waals surface area contributed by atoms with Crippen LogP contribution in [0.4, 0.5) is 0 Å². The standard InChI is InChI=1S/C16H25N3O/c1-18-9-3-4-14(11-18)12-19(2)16(20)15-7-5-13(10-17)6-8-15/h5-8,14H,3-4,9-12,17H2,1-2H3. The lowest BCUT2D eigenvalue weighted by Crippen LogP contribution is -2.40. The van der Waals surface area contributed by atoms with Gasteiger partial charge in [-0.1, -0.05) is 12.1 Å². The molecule has 1 heterocycles. The van der Waals surface area contributed by atoms with Gasteiger partial charge >= 0.3 is 0 Å². The second kappa shape index (κ2) is 6.86. The molecule has 1 aliphatic rings. The zero-order valence-electron chi connectivity index (χ0n) is 12.5. The number of rotatable bonds is 4. The minimum Gasteiger partial charge on any atom is -0.341 e. The fraction of sp³-hybridized carbons (Fsp3) is 0.562. The quantitative estimate of drug-likeness (QED) is 0.907. The van der Waals surface area contributed by atoms with Crippen molar-refractivity contribution in [1.82, 2.24) is 9.80 Å². The van der Waals surface area contributed by atoms with Crippen LogP contribution < -0.4 is 5.73 Å². The first-order valence-electron chi connectivity index (χ1n) is 7.33. The summed E-state index contributed by atoms with van der Waals surface area (Å²) in [5.41, 5.74) is 7.37. The molecule has 1 fully saturated rings. The van der Waals surface area contributed by atoms with Crippen LogP contribution in [0.1, 0.15) is 28.8 Å². The molecule has 0 spiro atoms. The number of hydrogen-bond donors (Lipinski definition) is 1. The first-order valence-corrected chi connectivity index (χ1v) is 7.33. The number of carbonyl (C=O) groups excluding carboxylic acids is 1. The average Bonchev–Trinajstić information content (AvgIpc) is 2.46. The highest BCUT2D eigenvalue weighted by atomic mass is 16.2. The third-order valence-corrected chi connectivity index (χ3v) is 4.04. The zero-order chi connectivity index (χ0) is 14.5. The van der Waals surface area contributed by atoms with E-state index in [4.69, 9.17) is 5.73 Å². The maximum absolute atomic E-state index is 12.4. The van der Waals surface area contributed by atoms with Gasteiger partial charge in [0.25, 0.3) is 5.91 Å². The SMILES string of the molecule is CN1CCCC(CN(C)C(=O)c2ccc(CN)cc2)C1. The molecular formula is C16H25N3O. The predicted octanol–water partition coefficient (Wildman–Crippen LogP) is 1.56. The largest absolute Gasteiger partial charge is 0.341 e. The van der Waals surface area contributed by atoms with Gasteiger partial charge in [0.1, 0.15) is 0 Å². The molecule has 0 radical (unpaired) electrons. The Kier molecular flexibility index (Phi) is 5.15. The van der Waals surface area contributed by atoms with E-state index in [0.29, 0.717) is 12.5 Å². The van der Waals surface area contributed by atoms with Crippen molar-refractivity contribution >= 4 is 5.91 Å². The van der Waals surface area contributed by atoms with Gasteiger partial charge in [-0.05, 0) is 50.0 Å². The van der Waals surface area contributed by atoms with Crippen LogP contribution in [-0.2, 0) is 6.54 Å². The number of likely N-dealkylation sites (tertiary alicyclic amines) is 1. The number of carbonyl (C=O) groups is 1. The van der Waals surface area contributed by atoms with Crippen LogP contribution in [-0.4, -0.2) is 49.4 Å². The van der Waals surface area contributed by atoms with E-state index in [-0.39, 0.29) is 5.91 Å². The van der Waals surface area contributed by atoms with Gasteiger partial charge in [-0.3, -0.25) is 4.79 Å². The van der Waals surface area contributed by atoms with E-state index < -0.39 is 0 Å². The van der Waals surface area contributed by atoms with Crippen LogP contribution in [0.3, 0.4) is 0 Å². The minimum absolute atomic E-state index is 0.0989. The molecule has 2 N–H and O–H groups in total. The molecule has 0 bridgehead atoms. The van der Waals surface area contributed by atoms with Crippen LogP contribution in [0.5, 0.6) is 0 Å². The van der Waals surface area contributed by atoms with Gasteiger partial charge in [0, 0.05) is 32.2 Å². The Bertz CT molecular complexity index is 444. The number of piperidine rings is 1. The summed E-state index contributed by atoms with van der Waals surface area (Å²) in [4.78, 5) is 16.6. The van der Waals surface area contributed by atoms with E-state index in [1.807, 2.05) is 36.2 Å². The molecule has 1 saturated heterocycles. The van der Waals surface area contributed by atoms with Crippen molar-refractivity contribution < 1.29 is 4.79 Å². The molecule has 0 saturated carbocycles. The minimum atomic E-state index is 0.0989. The molecule has 1 aliphatic heterocycles. The van der Waals surface area contributed by atoms with E-state index in [1.165, 1.54) is 19.4 Å². The molecule has 1 aromatic carbocycles. The molecule has 0 aromatic heterocycles. The smallest absolute Gasteiger partial charge is 0.253 e. The highest BCUT2D eigenvalue weighted by Crippen LogP contribution is 2.17. The molecule has 1 unspecified atom stereocenters. The third-order valence-electron chi connectivity index (χ3n) is 4.04. The van der Waals surface area contributed by atoms with Crippen molar-refractivity contribution in [2.24, 2.45) is 11.7 Å². The lowest BCUT2D eigenvalue weighted by Gasteiger charge is -2.32. The maximum Gasteiger partial charge on any atom is 0.253 e. The lowest BCUT2D eigenvalue weighted by molar-refractivity contribution is 0.0741. The van der Waals surface area contributed by atoms with Crippen molar-refractivity contribution in [3.05, 3.63) is 35.4 Å². The number of amides is 1. The monoisotopic (exact) mass is 275 g/mol. The Labute approximate surface area is 121 Å². The predicted molar refractivity (Wildman–Crippen MR) is 81.5 cm³/mol. The summed E-state index contributed by atoms with van der Waals surface area (Å²) in [6, 6.07) is 7.59. The molecule has 0 aliphatic carbocycles. The Balaban J connectivity index is 1.93. The van der Waals surface area contributed by atoms with E-state index in [9.17, 15) is 4.79 Å². The van der Waals surface area contributed by atoms with Crippen LogP contribution in [0.25, 0.3) is 0 Å². The fourth-order valence-corrected chi connectivity index (χ4v) is 2.90. The van der Waals surface area contributed by atoms with Crippen LogP contribution in [0.15, 0.2) is 24.3 Å². The second-order valence-corrected chi connectivity index (χ2v) is 5.86.